The lowest BCUT2D eigenvalue weighted by molar-refractivity contribution is -0.129. The van der Waals surface area contributed by atoms with Crippen LogP contribution in [0, 0.1) is 5.92 Å². The minimum atomic E-state index is -3.62. The summed E-state index contributed by atoms with van der Waals surface area (Å²) in [5, 5.41) is 2.79. The molecule has 0 saturated carbocycles. The molecule has 2 aromatic rings. The van der Waals surface area contributed by atoms with Crippen LogP contribution in [0.2, 0.25) is 0 Å². The SMILES string of the molecule is CCN(CC)S(=O)(=O)c1cccc(NC(=O)C2CC(=O)N(C(C)c3ccccc3)C2)c1. The van der Waals surface area contributed by atoms with Crippen molar-refractivity contribution in [2.45, 2.75) is 38.1 Å². The van der Waals surface area contributed by atoms with Crippen molar-refractivity contribution >= 4 is 27.5 Å². The Bertz CT molecular complexity index is 1040. The van der Waals surface area contributed by atoms with Gasteiger partial charge in [0.1, 0.15) is 0 Å². The summed E-state index contributed by atoms with van der Waals surface area (Å²) in [5.74, 6) is -0.829. The minimum absolute atomic E-state index is 0.0608. The molecule has 1 saturated heterocycles. The van der Waals surface area contributed by atoms with E-state index in [4.69, 9.17) is 0 Å². The number of hydrogen-bond acceptors (Lipinski definition) is 4. The van der Waals surface area contributed by atoms with Crippen LogP contribution in [0.25, 0.3) is 0 Å². The Morgan fingerprint density at radius 3 is 2.45 bits per heavy atom. The maximum Gasteiger partial charge on any atom is 0.243 e. The molecule has 166 valence electrons. The molecular weight excluding hydrogens is 414 g/mol. The first-order valence-corrected chi connectivity index (χ1v) is 12.0. The Morgan fingerprint density at radius 2 is 1.81 bits per heavy atom. The van der Waals surface area contributed by atoms with Crippen LogP contribution in [0.15, 0.2) is 59.5 Å². The second-order valence-corrected chi connectivity index (χ2v) is 9.58. The number of rotatable bonds is 8. The smallest absolute Gasteiger partial charge is 0.243 e. The zero-order valence-corrected chi connectivity index (χ0v) is 18.9. The number of benzene rings is 2. The fourth-order valence-corrected chi connectivity index (χ4v) is 5.39. The molecule has 3 rings (SSSR count). The third-order valence-electron chi connectivity index (χ3n) is 5.72. The van der Waals surface area contributed by atoms with Crippen molar-refractivity contribution in [3.05, 3.63) is 60.2 Å². The summed E-state index contributed by atoms with van der Waals surface area (Å²) in [5.41, 5.74) is 1.42. The topological polar surface area (TPSA) is 86.8 Å². The van der Waals surface area contributed by atoms with Gasteiger partial charge in [0.15, 0.2) is 0 Å². The first-order chi connectivity index (χ1) is 14.8. The number of sulfonamides is 1. The van der Waals surface area contributed by atoms with Crippen LogP contribution in [0.4, 0.5) is 5.69 Å². The molecule has 2 unspecified atom stereocenters. The lowest BCUT2D eigenvalue weighted by Gasteiger charge is -2.25. The van der Waals surface area contributed by atoms with E-state index in [-0.39, 0.29) is 29.2 Å². The summed E-state index contributed by atoms with van der Waals surface area (Å²) in [6.45, 7) is 6.59. The zero-order chi connectivity index (χ0) is 22.6. The highest BCUT2D eigenvalue weighted by molar-refractivity contribution is 7.89. The zero-order valence-electron chi connectivity index (χ0n) is 18.1. The molecule has 7 nitrogen and oxygen atoms in total. The molecule has 2 atom stereocenters. The van der Waals surface area contributed by atoms with Crippen LogP contribution < -0.4 is 5.32 Å². The number of nitrogens with one attached hydrogen (secondary N) is 1. The van der Waals surface area contributed by atoms with E-state index in [1.54, 1.807) is 30.9 Å². The van der Waals surface area contributed by atoms with Crippen molar-refractivity contribution in [1.82, 2.24) is 9.21 Å². The molecule has 1 N–H and O–H groups in total. The number of carbonyl (C=O) groups is 2. The first-order valence-electron chi connectivity index (χ1n) is 10.5. The second-order valence-electron chi connectivity index (χ2n) is 7.64. The summed E-state index contributed by atoms with van der Waals surface area (Å²) in [4.78, 5) is 27.2. The first kappa shape index (κ1) is 23.0. The fraction of sp³-hybridized carbons (Fsp3) is 0.391. The van der Waals surface area contributed by atoms with Gasteiger partial charge in [0.25, 0.3) is 0 Å². The van der Waals surface area contributed by atoms with Gasteiger partial charge >= 0.3 is 0 Å². The predicted octanol–water partition coefficient (Wildman–Crippen LogP) is 3.27. The third kappa shape index (κ3) is 4.97. The van der Waals surface area contributed by atoms with E-state index in [1.165, 1.54) is 16.4 Å². The Hall–Kier alpha value is -2.71. The Kier molecular flexibility index (Phi) is 7.12. The summed E-state index contributed by atoms with van der Waals surface area (Å²) in [7, 11) is -3.62. The van der Waals surface area contributed by atoms with Crippen LogP contribution in [0.1, 0.15) is 38.8 Å². The number of carbonyl (C=O) groups excluding carboxylic acids is 2. The maximum absolute atomic E-state index is 12.8. The highest BCUT2D eigenvalue weighted by Crippen LogP contribution is 2.29. The summed E-state index contributed by atoms with van der Waals surface area (Å²) in [6.07, 6.45) is 0.139. The van der Waals surface area contributed by atoms with E-state index >= 15 is 0 Å². The van der Waals surface area contributed by atoms with Gasteiger partial charge in [-0.2, -0.15) is 4.31 Å². The molecule has 31 heavy (non-hydrogen) atoms. The van der Waals surface area contributed by atoms with E-state index in [2.05, 4.69) is 5.32 Å². The van der Waals surface area contributed by atoms with Crippen molar-refractivity contribution in [1.29, 1.82) is 0 Å². The van der Waals surface area contributed by atoms with Gasteiger partial charge in [-0.25, -0.2) is 8.42 Å². The maximum atomic E-state index is 12.8. The predicted molar refractivity (Wildman–Crippen MR) is 120 cm³/mol. The normalized spacial score (nSPS) is 17.7. The van der Waals surface area contributed by atoms with Crippen molar-refractivity contribution < 1.29 is 18.0 Å². The van der Waals surface area contributed by atoms with Gasteiger partial charge in [-0.3, -0.25) is 9.59 Å². The fourth-order valence-electron chi connectivity index (χ4n) is 3.88. The molecule has 8 heteroatoms. The van der Waals surface area contributed by atoms with Crippen molar-refractivity contribution in [3.8, 4) is 0 Å². The third-order valence-corrected chi connectivity index (χ3v) is 7.77. The quantitative estimate of drug-likeness (QED) is 0.678. The Balaban J connectivity index is 1.71. The van der Waals surface area contributed by atoms with Gasteiger partial charge in [-0.1, -0.05) is 50.2 Å². The van der Waals surface area contributed by atoms with Crippen LogP contribution in [-0.4, -0.2) is 49.1 Å². The Labute approximate surface area is 184 Å². The molecule has 0 aliphatic carbocycles. The van der Waals surface area contributed by atoms with Gasteiger partial charge in [0.05, 0.1) is 16.9 Å². The number of anilines is 1. The molecule has 1 heterocycles. The van der Waals surface area contributed by atoms with Gasteiger partial charge in [-0.15, -0.1) is 0 Å². The molecule has 0 bridgehead atoms. The summed E-state index contributed by atoms with van der Waals surface area (Å²) < 4.78 is 26.9. The number of amides is 2. The van der Waals surface area contributed by atoms with Crippen LogP contribution >= 0.6 is 0 Å². The molecule has 0 radical (unpaired) electrons. The van der Waals surface area contributed by atoms with Crippen molar-refractivity contribution in [3.63, 3.8) is 0 Å². The molecule has 1 aliphatic rings. The lowest BCUT2D eigenvalue weighted by Crippen LogP contribution is -2.31. The highest BCUT2D eigenvalue weighted by atomic mass is 32.2. The van der Waals surface area contributed by atoms with E-state index in [0.29, 0.717) is 25.3 Å². The van der Waals surface area contributed by atoms with Gasteiger partial charge < -0.3 is 10.2 Å². The van der Waals surface area contributed by atoms with Gasteiger partial charge in [-0.05, 0) is 30.7 Å². The molecule has 2 aromatic carbocycles. The van der Waals surface area contributed by atoms with Crippen LogP contribution in [-0.2, 0) is 19.6 Å². The number of likely N-dealkylation sites (tertiary alicyclic amines) is 1. The largest absolute Gasteiger partial charge is 0.335 e. The van der Waals surface area contributed by atoms with E-state index in [1.807, 2.05) is 37.3 Å². The van der Waals surface area contributed by atoms with Gasteiger partial charge in [0.2, 0.25) is 21.8 Å². The monoisotopic (exact) mass is 443 g/mol. The summed E-state index contributed by atoms with van der Waals surface area (Å²) >= 11 is 0. The molecule has 1 aliphatic heterocycles. The van der Waals surface area contributed by atoms with E-state index in [9.17, 15) is 18.0 Å². The van der Waals surface area contributed by atoms with Crippen molar-refractivity contribution in [2.24, 2.45) is 5.92 Å². The van der Waals surface area contributed by atoms with E-state index in [0.717, 1.165) is 5.56 Å². The average Bonchev–Trinajstić information content (AvgIpc) is 3.16. The van der Waals surface area contributed by atoms with Crippen LogP contribution in [0.5, 0.6) is 0 Å². The molecule has 0 spiro atoms. The highest BCUT2D eigenvalue weighted by Gasteiger charge is 2.37. The Morgan fingerprint density at radius 1 is 1.13 bits per heavy atom. The molecule has 1 fully saturated rings. The molecular formula is C23H29N3O4S. The molecule has 0 aromatic heterocycles. The van der Waals surface area contributed by atoms with E-state index < -0.39 is 15.9 Å². The number of hydrogen-bond donors (Lipinski definition) is 1. The second kappa shape index (κ2) is 9.62. The average molecular weight is 444 g/mol. The summed E-state index contributed by atoms with van der Waals surface area (Å²) in [6, 6.07) is 15.8. The van der Waals surface area contributed by atoms with Crippen LogP contribution in [0.3, 0.4) is 0 Å². The molecule has 2 amide bonds. The van der Waals surface area contributed by atoms with Gasteiger partial charge in [0, 0.05) is 31.7 Å². The lowest BCUT2D eigenvalue weighted by atomic mass is 10.1. The van der Waals surface area contributed by atoms with Crippen molar-refractivity contribution in [2.75, 3.05) is 25.0 Å². The number of nitrogens with zero attached hydrogens (tertiary/aromatic N) is 2. The minimum Gasteiger partial charge on any atom is -0.335 e. The standard InChI is InChI=1S/C23H29N3O4S/c1-4-25(5-2)31(29,30)21-13-9-12-20(15-21)24-23(28)19-14-22(27)26(16-19)17(3)18-10-7-6-8-11-18/h6-13,15,17,19H,4-5,14,16H2,1-3H3,(H,24,28).